The topological polar surface area (TPSA) is 46.2 Å². The zero-order valence-electron chi connectivity index (χ0n) is 11.7. The van der Waals surface area contributed by atoms with Crippen molar-refractivity contribution in [1.29, 1.82) is 0 Å². The molecule has 2 rings (SSSR count). The lowest BCUT2D eigenvalue weighted by Gasteiger charge is -2.30. The van der Waals surface area contributed by atoms with Gasteiger partial charge in [0.1, 0.15) is 0 Å². The summed E-state index contributed by atoms with van der Waals surface area (Å²) >= 11 is 0. The molecule has 118 valence electrons. The molecule has 1 aromatic rings. The first-order valence-electron chi connectivity index (χ1n) is 6.84. The highest BCUT2D eigenvalue weighted by Crippen LogP contribution is 2.37. The smallest absolute Gasteiger partial charge is 0.208 e. The molecule has 0 unspecified atom stereocenters. The molecular formula is C14H18F3NO2S. The largest absolute Gasteiger partial charge is 0.391 e. The van der Waals surface area contributed by atoms with Crippen LogP contribution in [0.5, 0.6) is 0 Å². The van der Waals surface area contributed by atoms with Gasteiger partial charge in [0.25, 0.3) is 0 Å². The minimum atomic E-state index is -4.26. The summed E-state index contributed by atoms with van der Waals surface area (Å²) in [7, 11) is -3.76. The molecule has 2 atom stereocenters. The second kappa shape index (κ2) is 5.96. The Hall–Kier alpha value is -1.08. The Labute approximate surface area is 122 Å². The van der Waals surface area contributed by atoms with Crippen LogP contribution in [0.15, 0.2) is 29.2 Å². The predicted molar refractivity (Wildman–Crippen MR) is 73.3 cm³/mol. The molecule has 1 aromatic carbocycles. The summed E-state index contributed by atoms with van der Waals surface area (Å²) in [5, 5.41) is 0. The predicted octanol–water partition coefficient (Wildman–Crippen LogP) is 3.39. The summed E-state index contributed by atoms with van der Waals surface area (Å²) in [6.07, 6.45) is -3.54. The third kappa shape index (κ3) is 4.20. The first kappa shape index (κ1) is 16.3. The fourth-order valence-electron chi connectivity index (χ4n) is 2.60. The average molecular weight is 321 g/mol. The van der Waals surface area contributed by atoms with Crippen LogP contribution in [0, 0.1) is 12.8 Å². The summed E-state index contributed by atoms with van der Waals surface area (Å²) in [5.74, 6) is -1.42. The lowest BCUT2D eigenvalue weighted by Crippen LogP contribution is -2.41. The van der Waals surface area contributed by atoms with Crippen LogP contribution in [-0.2, 0) is 10.0 Å². The van der Waals surface area contributed by atoms with Gasteiger partial charge in [-0.05, 0) is 38.3 Å². The van der Waals surface area contributed by atoms with Crippen LogP contribution < -0.4 is 4.72 Å². The molecule has 0 spiro atoms. The molecule has 1 aliphatic rings. The molecule has 0 aromatic heterocycles. The summed E-state index contributed by atoms with van der Waals surface area (Å²) in [4.78, 5) is 0.0854. The Morgan fingerprint density at radius 3 is 2.33 bits per heavy atom. The number of nitrogens with one attached hydrogen (secondary N) is 1. The number of hydrogen-bond donors (Lipinski definition) is 1. The normalized spacial score (nSPS) is 24.0. The summed E-state index contributed by atoms with van der Waals surface area (Å²) in [5.41, 5.74) is 0.920. The Balaban J connectivity index is 2.08. The van der Waals surface area contributed by atoms with Gasteiger partial charge in [0.2, 0.25) is 10.0 Å². The van der Waals surface area contributed by atoms with E-state index in [1.165, 1.54) is 12.1 Å². The van der Waals surface area contributed by atoms with Crippen molar-refractivity contribution in [2.24, 2.45) is 5.92 Å². The van der Waals surface area contributed by atoms with Gasteiger partial charge in [-0.15, -0.1) is 0 Å². The van der Waals surface area contributed by atoms with Gasteiger partial charge in [-0.2, -0.15) is 13.2 Å². The Morgan fingerprint density at radius 2 is 1.76 bits per heavy atom. The highest BCUT2D eigenvalue weighted by atomic mass is 32.2. The molecule has 7 heteroatoms. The molecule has 0 saturated heterocycles. The van der Waals surface area contributed by atoms with E-state index in [0.29, 0.717) is 12.8 Å². The van der Waals surface area contributed by atoms with Crippen LogP contribution in [0.25, 0.3) is 0 Å². The third-order valence-electron chi connectivity index (χ3n) is 3.79. The van der Waals surface area contributed by atoms with E-state index in [2.05, 4.69) is 4.72 Å². The Kier molecular flexibility index (Phi) is 4.63. The van der Waals surface area contributed by atoms with Crippen molar-refractivity contribution in [3.63, 3.8) is 0 Å². The van der Waals surface area contributed by atoms with Crippen molar-refractivity contribution in [1.82, 2.24) is 4.72 Å². The van der Waals surface area contributed by atoms with Crippen LogP contribution in [0.3, 0.4) is 0 Å². The van der Waals surface area contributed by atoms with Gasteiger partial charge in [-0.1, -0.05) is 24.1 Å². The van der Waals surface area contributed by atoms with E-state index in [0.717, 1.165) is 5.56 Å². The molecule has 21 heavy (non-hydrogen) atoms. The first-order chi connectivity index (χ1) is 9.68. The van der Waals surface area contributed by atoms with Crippen LogP contribution in [0.2, 0.25) is 0 Å². The van der Waals surface area contributed by atoms with Crippen LogP contribution in [0.4, 0.5) is 13.2 Å². The minimum Gasteiger partial charge on any atom is -0.208 e. The monoisotopic (exact) mass is 321 g/mol. The van der Waals surface area contributed by atoms with E-state index in [9.17, 15) is 21.6 Å². The molecular weight excluding hydrogens is 303 g/mol. The lowest BCUT2D eigenvalue weighted by atomic mass is 9.86. The number of benzene rings is 1. The minimum absolute atomic E-state index is 0.0757. The van der Waals surface area contributed by atoms with Gasteiger partial charge < -0.3 is 0 Å². The van der Waals surface area contributed by atoms with E-state index in [-0.39, 0.29) is 17.7 Å². The quantitative estimate of drug-likeness (QED) is 0.927. The molecule has 0 amide bonds. The third-order valence-corrected chi connectivity index (χ3v) is 5.33. The molecule has 0 radical (unpaired) electrons. The lowest BCUT2D eigenvalue weighted by molar-refractivity contribution is -0.183. The van der Waals surface area contributed by atoms with Crippen molar-refractivity contribution >= 4 is 10.0 Å². The number of rotatable bonds is 3. The van der Waals surface area contributed by atoms with Crippen LogP contribution in [-0.4, -0.2) is 20.6 Å². The second-order valence-corrected chi connectivity index (χ2v) is 7.25. The van der Waals surface area contributed by atoms with Gasteiger partial charge >= 0.3 is 6.18 Å². The standard InChI is InChI=1S/C14H18F3NO2S/c1-10-5-7-13(8-6-10)21(19,20)18-12-4-2-3-11(9-12)14(15,16)17/h5-8,11-12,18H,2-4,9H2,1H3/t11-,12+/m1/s1. The Bertz CT molecular complexity index is 581. The van der Waals surface area contributed by atoms with Crippen molar-refractivity contribution < 1.29 is 21.6 Å². The number of halogens is 3. The molecule has 0 bridgehead atoms. The number of hydrogen-bond acceptors (Lipinski definition) is 2. The SMILES string of the molecule is Cc1ccc(S(=O)(=O)N[C@H]2CCC[C@@H](C(F)(F)F)C2)cc1. The summed E-state index contributed by atoms with van der Waals surface area (Å²) < 4.78 is 65.0. The fraction of sp³-hybridized carbons (Fsp3) is 0.571. The zero-order chi connectivity index (χ0) is 15.7. The number of aryl methyl sites for hydroxylation is 1. The highest BCUT2D eigenvalue weighted by molar-refractivity contribution is 7.89. The van der Waals surface area contributed by atoms with Gasteiger partial charge in [0, 0.05) is 6.04 Å². The molecule has 1 fully saturated rings. The van der Waals surface area contributed by atoms with E-state index in [1.54, 1.807) is 12.1 Å². The van der Waals surface area contributed by atoms with Crippen molar-refractivity contribution in [2.75, 3.05) is 0 Å². The maximum Gasteiger partial charge on any atom is 0.391 e. The molecule has 1 aliphatic carbocycles. The maximum atomic E-state index is 12.7. The van der Waals surface area contributed by atoms with Gasteiger partial charge in [-0.25, -0.2) is 13.1 Å². The maximum absolute atomic E-state index is 12.7. The van der Waals surface area contributed by atoms with Crippen molar-refractivity contribution in [2.45, 2.75) is 49.7 Å². The molecule has 1 N–H and O–H groups in total. The molecule has 0 heterocycles. The second-order valence-electron chi connectivity index (χ2n) is 5.54. The van der Waals surface area contributed by atoms with E-state index >= 15 is 0 Å². The van der Waals surface area contributed by atoms with Crippen LogP contribution in [0.1, 0.15) is 31.2 Å². The fourth-order valence-corrected chi connectivity index (χ4v) is 3.88. The number of sulfonamides is 1. The van der Waals surface area contributed by atoms with E-state index < -0.39 is 28.2 Å². The van der Waals surface area contributed by atoms with Crippen LogP contribution >= 0.6 is 0 Å². The highest BCUT2D eigenvalue weighted by Gasteiger charge is 2.42. The molecule has 0 aliphatic heterocycles. The molecule has 3 nitrogen and oxygen atoms in total. The van der Waals surface area contributed by atoms with Gasteiger partial charge in [-0.3, -0.25) is 0 Å². The summed E-state index contributed by atoms with van der Waals surface area (Å²) in [6.45, 7) is 1.83. The molecule has 1 saturated carbocycles. The van der Waals surface area contributed by atoms with E-state index in [4.69, 9.17) is 0 Å². The Morgan fingerprint density at radius 1 is 1.14 bits per heavy atom. The van der Waals surface area contributed by atoms with Gasteiger partial charge in [0.15, 0.2) is 0 Å². The summed E-state index contributed by atoms with van der Waals surface area (Å²) in [6, 6.07) is 5.59. The zero-order valence-corrected chi connectivity index (χ0v) is 12.5. The van der Waals surface area contributed by atoms with Crippen molar-refractivity contribution in [3.05, 3.63) is 29.8 Å². The average Bonchev–Trinajstić information content (AvgIpc) is 2.38. The van der Waals surface area contributed by atoms with Crippen molar-refractivity contribution in [3.8, 4) is 0 Å². The first-order valence-corrected chi connectivity index (χ1v) is 8.32. The number of alkyl halides is 3. The van der Waals surface area contributed by atoms with E-state index in [1.807, 2.05) is 6.92 Å². The van der Waals surface area contributed by atoms with Gasteiger partial charge in [0.05, 0.1) is 10.8 Å².